The van der Waals surface area contributed by atoms with Gasteiger partial charge in [-0.25, -0.2) is 0 Å². The first-order valence-electron chi connectivity index (χ1n) is 6.30. The Morgan fingerprint density at radius 2 is 1.88 bits per heavy atom. The zero-order valence-corrected chi connectivity index (χ0v) is 11.8. The Morgan fingerprint density at radius 1 is 1.24 bits per heavy atom. The van der Waals surface area contributed by atoms with Gasteiger partial charge in [0.15, 0.2) is 0 Å². The second-order valence-corrected chi connectivity index (χ2v) is 5.60. The van der Waals surface area contributed by atoms with E-state index in [0.29, 0.717) is 17.8 Å². The van der Waals surface area contributed by atoms with Crippen LogP contribution in [0.5, 0.6) is 5.75 Å². The smallest absolute Gasteiger partial charge is 0.115 e. The van der Waals surface area contributed by atoms with E-state index in [-0.39, 0.29) is 0 Å². The molecule has 0 saturated heterocycles. The average Bonchev–Trinajstić information content (AvgIpc) is 2.34. The van der Waals surface area contributed by atoms with Crippen LogP contribution in [0.2, 0.25) is 0 Å². The van der Waals surface area contributed by atoms with Crippen molar-refractivity contribution in [3.63, 3.8) is 0 Å². The molecule has 0 aliphatic rings. The summed E-state index contributed by atoms with van der Waals surface area (Å²) in [6.07, 6.45) is 1.06. The fraction of sp³-hybridized carbons (Fsp3) is 0.571. The normalized spacial score (nSPS) is 14.5. The third kappa shape index (κ3) is 5.00. The minimum atomic E-state index is 0.332. The van der Waals surface area contributed by atoms with Crippen LogP contribution in [0, 0.1) is 0 Å². The third-order valence-corrected chi connectivity index (χ3v) is 3.91. The predicted octanol–water partition coefficient (Wildman–Crippen LogP) is 3.57. The standard InChI is InChI=1S/C14H23NOS/c1-4-14(15-11(3)10-17-5-2)12-6-8-13(16)9-7-12/h6-9,11,14-16H,4-5,10H2,1-3H3. The number of nitrogens with one attached hydrogen (secondary N) is 1. The number of benzene rings is 1. The van der Waals surface area contributed by atoms with Crippen LogP contribution in [0.15, 0.2) is 24.3 Å². The number of rotatable bonds is 7. The molecule has 0 aliphatic heterocycles. The van der Waals surface area contributed by atoms with Gasteiger partial charge in [-0.1, -0.05) is 26.0 Å². The Bertz CT molecular complexity index is 313. The molecule has 0 fully saturated rings. The summed E-state index contributed by atoms with van der Waals surface area (Å²) in [7, 11) is 0. The highest BCUT2D eigenvalue weighted by Gasteiger charge is 2.12. The fourth-order valence-electron chi connectivity index (χ4n) is 1.84. The number of thioether (sulfide) groups is 1. The monoisotopic (exact) mass is 253 g/mol. The first kappa shape index (κ1) is 14.4. The molecule has 0 radical (unpaired) electrons. The highest BCUT2D eigenvalue weighted by atomic mass is 32.2. The van der Waals surface area contributed by atoms with E-state index in [9.17, 15) is 5.11 Å². The fourth-order valence-corrected chi connectivity index (χ4v) is 2.53. The molecule has 0 aliphatic carbocycles. The van der Waals surface area contributed by atoms with Crippen LogP contribution < -0.4 is 5.32 Å². The lowest BCUT2D eigenvalue weighted by Crippen LogP contribution is -2.32. The van der Waals surface area contributed by atoms with E-state index in [1.807, 2.05) is 23.9 Å². The van der Waals surface area contributed by atoms with Crippen molar-refractivity contribution in [2.45, 2.75) is 39.3 Å². The number of phenolic OH excluding ortho intramolecular Hbond substituents is 1. The SMILES string of the molecule is CCSCC(C)NC(CC)c1ccc(O)cc1. The van der Waals surface area contributed by atoms with Crippen LogP contribution in [0.1, 0.15) is 38.8 Å². The summed E-state index contributed by atoms with van der Waals surface area (Å²) in [5.74, 6) is 2.64. The zero-order chi connectivity index (χ0) is 12.7. The quantitative estimate of drug-likeness (QED) is 0.779. The van der Waals surface area contributed by atoms with E-state index in [1.54, 1.807) is 12.1 Å². The van der Waals surface area contributed by atoms with Gasteiger partial charge in [0.2, 0.25) is 0 Å². The summed E-state index contributed by atoms with van der Waals surface area (Å²) in [6, 6.07) is 8.39. The Balaban J connectivity index is 2.56. The van der Waals surface area contributed by atoms with E-state index >= 15 is 0 Å². The second-order valence-electron chi connectivity index (χ2n) is 4.28. The Morgan fingerprint density at radius 3 is 2.41 bits per heavy atom. The summed E-state index contributed by atoms with van der Waals surface area (Å²) in [4.78, 5) is 0. The molecule has 2 unspecified atom stereocenters. The van der Waals surface area contributed by atoms with Crippen molar-refractivity contribution in [2.24, 2.45) is 0 Å². The molecule has 1 rings (SSSR count). The molecule has 0 bridgehead atoms. The van der Waals surface area contributed by atoms with E-state index in [4.69, 9.17) is 0 Å². The maximum Gasteiger partial charge on any atom is 0.115 e. The highest BCUT2D eigenvalue weighted by Crippen LogP contribution is 2.20. The molecule has 0 aromatic heterocycles. The van der Waals surface area contributed by atoms with Crippen LogP contribution >= 0.6 is 11.8 Å². The van der Waals surface area contributed by atoms with Crippen LogP contribution in [0.4, 0.5) is 0 Å². The largest absolute Gasteiger partial charge is 0.508 e. The first-order chi connectivity index (χ1) is 8.17. The molecule has 3 heteroatoms. The summed E-state index contributed by atoms with van der Waals surface area (Å²) < 4.78 is 0. The predicted molar refractivity (Wildman–Crippen MR) is 76.7 cm³/mol. The van der Waals surface area contributed by atoms with Crippen molar-refractivity contribution in [2.75, 3.05) is 11.5 Å². The van der Waals surface area contributed by atoms with Gasteiger partial charge in [0.1, 0.15) is 5.75 Å². The molecule has 1 aromatic carbocycles. The van der Waals surface area contributed by atoms with E-state index in [0.717, 1.165) is 12.2 Å². The molecule has 0 heterocycles. The number of aromatic hydroxyl groups is 1. The first-order valence-corrected chi connectivity index (χ1v) is 7.45. The van der Waals surface area contributed by atoms with Gasteiger partial charge < -0.3 is 10.4 Å². The van der Waals surface area contributed by atoms with E-state index in [2.05, 4.69) is 26.1 Å². The van der Waals surface area contributed by atoms with Crippen molar-refractivity contribution in [1.29, 1.82) is 0 Å². The molecule has 1 aromatic rings. The van der Waals surface area contributed by atoms with Crippen molar-refractivity contribution in [3.05, 3.63) is 29.8 Å². The molecule has 2 N–H and O–H groups in total. The Hall–Kier alpha value is -0.670. The lowest BCUT2D eigenvalue weighted by molar-refractivity contribution is 0.463. The third-order valence-electron chi connectivity index (χ3n) is 2.76. The van der Waals surface area contributed by atoms with Gasteiger partial charge in [-0.05, 0) is 36.8 Å². The Kier molecular flexibility index (Phi) is 6.45. The van der Waals surface area contributed by atoms with Crippen molar-refractivity contribution < 1.29 is 5.11 Å². The van der Waals surface area contributed by atoms with Crippen molar-refractivity contribution in [1.82, 2.24) is 5.32 Å². The summed E-state index contributed by atoms with van der Waals surface area (Å²) in [5.41, 5.74) is 1.25. The topological polar surface area (TPSA) is 32.3 Å². The molecule has 0 saturated carbocycles. The minimum Gasteiger partial charge on any atom is -0.508 e. The molecule has 96 valence electrons. The molecule has 0 spiro atoms. The van der Waals surface area contributed by atoms with Crippen molar-refractivity contribution >= 4 is 11.8 Å². The highest BCUT2D eigenvalue weighted by molar-refractivity contribution is 7.99. The maximum absolute atomic E-state index is 9.29. The van der Waals surface area contributed by atoms with Gasteiger partial charge in [0.25, 0.3) is 0 Å². The van der Waals surface area contributed by atoms with Crippen LogP contribution in [-0.4, -0.2) is 22.7 Å². The van der Waals surface area contributed by atoms with Crippen LogP contribution in [0.25, 0.3) is 0 Å². The van der Waals surface area contributed by atoms with Gasteiger partial charge in [0.05, 0.1) is 0 Å². The number of hydrogen-bond donors (Lipinski definition) is 2. The summed E-state index contributed by atoms with van der Waals surface area (Å²) in [6.45, 7) is 6.60. The average molecular weight is 253 g/mol. The zero-order valence-electron chi connectivity index (χ0n) is 10.9. The summed E-state index contributed by atoms with van der Waals surface area (Å²) >= 11 is 1.96. The minimum absolute atomic E-state index is 0.332. The van der Waals surface area contributed by atoms with Gasteiger partial charge in [-0.3, -0.25) is 0 Å². The van der Waals surface area contributed by atoms with Gasteiger partial charge in [-0.2, -0.15) is 11.8 Å². The molecular formula is C14H23NOS. The second kappa shape index (κ2) is 7.62. The molecule has 2 nitrogen and oxygen atoms in total. The lowest BCUT2D eigenvalue weighted by Gasteiger charge is -2.22. The van der Waals surface area contributed by atoms with Gasteiger partial charge >= 0.3 is 0 Å². The molecule has 17 heavy (non-hydrogen) atoms. The van der Waals surface area contributed by atoms with Crippen LogP contribution in [-0.2, 0) is 0 Å². The van der Waals surface area contributed by atoms with Crippen LogP contribution in [0.3, 0.4) is 0 Å². The molecular weight excluding hydrogens is 230 g/mol. The Labute approximate surface area is 109 Å². The molecule has 0 amide bonds. The molecule has 2 atom stereocenters. The van der Waals surface area contributed by atoms with Gasteiger partial charge in [0, 0.05) is 17.8 Å². The van der Waals surface area contributed by atoms with Gasteiger partial charge in [-0.15, -0.1) is 0 Å². The lowest BCUT2D eigenvalue weighted by atomic mass is 10.0. The summed E-state index contributed by atoms with van der Waals surface area (Å²) in [5, 5.41) is 12.9. The van der Waals surface area contributed by atoms with E-state index in [1.165, 1.54) is 11.3 Å². The number of phenols is 1. The maximum atomic E-state index is 9.29. The number of hydrogen-bond acceptors (Lipinski definition) is 3. The van der Waals surface area contributed by atoms with Crippen molar-refractivity contribution in [3.8, 4) is 5.75 Å². The van der Waals surface area contributed by atoms with E-state index < -0.39 is 0 Å².